The van der Waals surface area contributed by atoms with Crippen LogP contribution in [-0.2, 0) is 4.74 Å². The predicted molar refractivity (Wildman–Crippen MR) is 57.3 cm³/mol. The smallest absolute Gasteiger partial charge is 0.257 e. The second kappa shape index (κ2) is 5.42. The van der Waals surface area contributed by atoms with Crippen LogP contribution in [0, 0.1) is 10.1 Å². The summed E-state index contributed by atoms with van der Waals surface area (Å²) in [5.74, 6) is 0. The van der Waals surface area contributed by atoms with Gasteiger partial charge in [-0.2, -0.15) is 0 Å². The number of likely N-dealkylation sites (N-methyl/N-ethyl adjacent to an activating group) is 1. The molecule has 15 heavy (non-hydrogen) atoms. The summed E-state index contributed by atoms with van der Waals surface area (Å²) in [5.41, 5.74) is -0.873. The highest BCUT2D eigenvalue weighted by atomic mass is 16.6. The Hall–Kier alpha value is -0.680. The van der Waals surface area contributed by atoms with Crippen molar-refractivity contribution in [3.05, 3.63) is 10.1 Å². The van der Waals surface area contributed by atoms with E-state index in [2.05, 4.69) is 6.92 Å². The fourth-order valence-corrected chi connectivity index (χ4v) is 2.04. The van der Waals surface area contributed by atoms with E-state index in [-0.39, 0.29) is 11.5 Å². The maximum atomic E-state index is 11.1. The highest BCUT2D eigenvalue weighted by Gasteiger charge is 2.46. The normalized spacial score (nSPS) is 27.9. The van der Waals surface area contributed by atoms with Gasteiger partial charge in [0.25, 0.3) is 5.54 Å². The van der Waals surface area contributed by atoms with E-state index < -0.39 is 5.54 Å². The van der Waals surface area contributed by atoms with Crippen LogP contribution in [0.2, 0.25) is 0 Å². The van der Waals surface area contributed by atoms with Crippen LogP contribution in [0.1, 0.15) is 32.6 Å². The molecule has 0 aromatic carbocycles. The molecule has 5 heteroatoms. The van der Waals surface area contributed by atoms with Crippen LogP contribution in [0.15, 0.2) is 0 Å². The summed E-state index contributed by atoms with van der Waals surface area (Å²) in [6.45, 7) is 3.36. The third-order valence-corrected chi connectivity index (χ3v) is 2.88. The van der Waals surface area contributed by atoms with Gasteiger partial charge < -0.3 is 4.74 Å². The summed E-state index contributed by atoms with van der Waals surface area (Å²) in [7, 11) is 1.86. The average molecular weight is 216 g/mol. The Labute approximate surface area is 90.5 Å². The van der Waals surface area contributed by atoms with Gasteiger partial charge in [-0.05, 0) is 13.5 Å². The lowest BCUT2D eigenvalue weighted by molar-refractivity contribution is -0.582. The number of nitro groups is 1. The Bertz CT molecular complexity index is 223. The molecule has 1 aliphatic heterocycles. The summed E-state index contributed by atoms with van der Waals surface area (Å²) >= 11 is 0. The van der Waals surface area contributed by atoms with Crippen molar-refractivity contribution in [2.75, 3.05) is 26.9 Å². The van der Waals surface area contributed by atoms with Crippen molar-refractivity contribution < 1.29 is 9.66 Å². The molecular weight excluding hydrogens is 196 g/mol. The summed E-state index contributed by atoms with van der Waals surface area (Å²) in [6.07, 6.45) is 3.68. The summed E-state index contributed by atoms with van der Waals surface area (Å²) in [6, 6.07) is 0. The van der Waals surface area contributed by atoms with Gasteiger partial charge in [0.1, 0.15) is 6.61 Å². The standard InChI is InChI=1S/C10H20N2O3/c1-3-4-5-6-10(12(13)14)7-11(2)9-15-8-10/h3-9H2,1-2H3/t10-/m0/s1. The topological polar surface area (TPSA) is 55.6 Å². The zero-order chi connectivity index (χ0) is 11.3. The van der Waals surface area contributed by atoms with Gasteiger partial charge in [0, 0.05) is 11.3 Å². The quantitative estimate of drug-likeness (QED) is 0.397. The Balaban J connectivity index is 2.57. The van der Waals surface area contributed by atoms with Crippen LogP contribution in [0.5, 0.6) is 0 Å². The van der Waals surface area contributed by atoms with E-state index in [1.165, 1.54) is 0 Å². The number of unbranched alkanes of at least 4 members (excludes halogenated alkanes) is 2. The van der Waals surface area contributed by atoms with Crippen LogP contribution in [0.25, 0.3) is 0 Å². The SMILES string of the molecule is CCCCC[C@@]1([N+](=O)[O-])COCN(C)C1. The average Bonchev–Trinajstić information content (AvgIpc) is 2.18. The first-order valence-corrected chi connectivity index (χ1v) is 5.51. The largest absolute Gasteiger partial charge is 0.359 e. The molecule has 1 rings (SSSR count). The first-order valence-electron chi connectivity index (χ1n) is 5.51. The van der Waals surface area contributed by atoms with Gasteiger partial charge in [-0.3, -0.25) is 15.0 Å². The second-order valence-electron chi connectivity index (χ2n) is 4.43. The third-order valence-electron chi connectivity index (χ3n) is 2.88. The Morgan fingerprint density at radius 3 is 2.80 bits per heavy atom. The molecule has 0 bridgehead atoms. The van der Waals surface area contributed by atoms with Crippen LogP contribution in [-0.4, -0.2) is 42.3 Å². The van der Waals surface area contributed by atoms with Crippen LogP contribution < -0.4 is 0 Å². The lowest BCUT2D eigenvalue weighted by atomic mass is 9.92. The van der Waals surface area contributed by atoms with E-state index >= 15 is 0 Å². The molecule has 0 amide bonds. The molecule has 0 radical (unpaired) electrons. The van der Waals surface area contributed by atoms with Gasteiger partial charge in [0.2, 0.25) is 0 Å². The number of hydrogen-bond acceptors (Lipinski definition) is 4. The van der Waals surface area contributed by atoms with E-state index in [0.29, 0.717) is 19.7 Å². The summed E-state index contributed by atoms with van der Waals surface area (Å²) < 4.78 is 5.27. The van der Waals surface area contributed by atoms with Crippen LogP contribution >= 0.6 is 0 Å². The van der Waals surface area contributed by atoms with Crippen LogP contribution in [0.3, 0.4) is 0 Å². The van der Waals surface area contributed by atoms with Crippen LogP contribution in [0.4, 0.5) is 0 Å². The minimum Gasteiger partial charge on any atom is -0.359 e. The van der Waals surface area contributed by atoms with Crippen molar-refractivity contribution in [2.24, 2.45) is 0 Å². The zero-order valence-electron chi connectivity index (χ0n) is 9.57. The number of ether oxygens (including phenoxy) is 1. The fourth-order valence-electron chi connectivity index (χ4n) is 2.04. The molecule has 1 aliphatic rings. The van der Waals surface area contributed by atoms with E-state index in [9.17, 15) is 10.1 Å². The zero-order valence-corrected chi connectivity index (χ0v) is 9.57. The third kappa shape index (κ3) is 3.14. The highest BCUT2D eigenvalue weighted by Crippen LogP contribution is 2.24. The molecule has 0 aromatic rings. The summed E-state index contributed by atoms with van der Waals surface area (Å²) in [5, 5.41) is 11.1. The van der Waals surface area contributed by atoms with Crippen molar-refractivity contribution >= 4 is 0 Å². The maximum absolute atomic E-state index is 11.1. The first kappa shape index (κ1) is 12.4. The van der Waals surface area contributed by atoms with Crippen molar-refractivity contribution in [2.45, 2.75) is 38.1 Å². The van der Waals surface area contributed by atoms with Gasteiger partial charge in [-0.25, -0.2) is 0 Å². The summed E-state index contributed by atoms with van der Waals surface area (Å²) in [4.78, 5) is 12.8. The Morgan fingerprint density at radius 2 is 2.27 bits per heavy atom. The van der Waals surface area contributed by atoms with Gasteiger partial charge in [-0.1, -0.05) is 19.8 Å². The molecule has 88 valence electrons. The molecule has 1 heterocycles. The predicted octanol–water partition coefficient (Wildman–Crippen LogP) is 1.50. The minimum absolute atomic E-state index is 0.154. The van der Waals surface area contributed by atoms with E-state index in [0.717, 1.165) is 19.3 Å². The molecule has 0 spiro atoms. The number of rotatable bonds is 5. The molecule has 1 saturated heterocycles. The van der Waals surface area contributed by atoms with Crippen molar-refractivity contribution in [3.8, 4) is 0 Å². The Morgan fingerprint density at radius 1 is 1.53 bits per heavy atom. The maximum Gasteiger partial charge on any atom is 0.257 e. The van der Waals surface area contributed by atoms with Gasteiger partial charge in [0.15, 0.2) is 0 Å². The highest BCUT2D eigenvalue weighted by molar-refractivity contribution is 4.84. The van der Waals surface area contributed by atoms with E-state index in [1.807, 2.05) is 11.9 Å². The molecule has 0 aromatic heterocycles. The second-order valence-corrected chi connectivity index (χ2v) is 4.43. The Kier molecular flexibility index (Phi) is 4.47. The molecule has 0 N–H and O–H groups in total. The fraction of sp³-hybridized carbons (Fsp3) is 1.00. The number of hydrogen-bond donors (Lipinski definition) is 0. The van der Waals surface area contributed by atoms with Crippen molar-refractivity contribution in [1.29, 1.82) is 0 Å². The minimum atomic E-state index is -0.873. The molecule has 0 saturated carbocycles. The first-order chi connectivity index (χ1) is 7.10. The molecule has 0 aliphatic carbocycles. The van der Waals surface area contributed by atoms with Gasteiger partial charge >= 0.3 is 0 Å². The van der Waals surface area contributed by atoms with Gasteiger partial charge in [-0.15, -0.1) is 0 Å². The molecule has 1 atom stereocenters. The van der Waals surface area contributed by atoms with Crippen molar-refractivity contribution in [1.82, 2.24) is 4.90 Å². The van der Waals surface area contributed by atoms with E-state index in [1.54, 1.807) is 0 Å². The molecule has 5 nitrogen and oxygen atoms in total. The lowest BCUT2D eigenvalue weighted by Gasteiger charge is -2.34. The van der Waals surface area contributed by atoms with Gasteiger partial charge in [0.05, 0.1) is 13.3 Å². The van der Waals surface area contributed by atoms with Crippen molar-refractivity contribution in [3.63, 3.8) is 0 Å². The number of nitrogens with zero attached hydrogens (tertiary/aromatic N) is 2. The molecule has 1 fully saturated rings. The van der Waals surface area contributed by atoms with E-state index in [4.69, 9.17) is 4.74 Å². The molecule has 0 unspecified atom stereocenters. The lowest BCUT2D eigenvalue weighted by Crippen LogP contribution is -2.55. The monoisotopic (exact) mass is 216 g/mol. The molecular formula is C10H20N2O3.